The fourth-order valence-corrected chi connectivity index (χ4v) is 1.68. The molecule has 0 aliphatic carbocycles. The summed E-state index contributed by atoms with van der Waals surface area (Å²) in [6, 6.07) is 6.17. The molecule has 4 heteroatoms. The van der Waals surface area contributed by atoms with E-state index in [1.54, 1.807) is 0 Å². The van der Waals surface area contributed by atoms with E-state index in [0.717, 1.165) is 6.07 Å². The third-order valence-electron chi connectivity index (χ3n) is 2.69. The van der Waals surface area contributed by atoms with Crippen molar-refractivity contribution in [1.82, 2.24) is 0 Å². The molecule has 2 rings (SSSR count). The Hall–Kier alpha value is -2.10. The minimum absolute atomic E-state index is 0.129. The highest BCUT2D eigenvalue weighted by Gasteiger charge is 2.15. The smallest absolute Gasteiger partial charge is 0.167 e. The van der Waals surface area contributed by atoms with Gasteiger partial charge in [0.15, 0.2) is 11.6 Å². The van der Waals surface area contributed by atoms with Gasteiger partial charge in [-0.25, -0.2) is 13.2 Å². The zero-order valence-corrected chi connectivity index (χ0v) is 9.51. The maximum Gasteiger partial charge on any atom is 0.167 e. The lowest BCUT2D eigenvalue weighted by Crippen LogP contribution is -1.96. The van der Waals surface area contributed by atoms with Crippen molar-refractivity contribution >= 4 is 6.29 Å². The van der Waals surface area contributed by atoms with Gasteiger partial charge in [-0.3, -0.25) is 4.79 Å². The molecular formula is C14H9F3O. The lowest BCUT2D eigenvalue weighted by molar-refractivity contribution is 0.112. The predicted molar refractivity (Wildman–Crippen MR) is 61.9 cm³/mol. The topological polar surface area (TPSA) is 17.1 Å². The Labute approximate surface area is 102 Å². The zero-order chi connectivity index (χ0) is 13.3. The van der Waals surface area contributed by atoms with Gasteiger partial charge in [-0.1, -0.05) is 12.1 Å². The van der Waals surface area contributed by atoms with Crippen LogP contribution in [0.4, 0.5) is 13.2 Å². The van der Waals surface area contributed by atoms with Gasteiger partial charge >= 0.3 is 0 Å². The van der Waals surface area contributed by atoms with Gasteiger partial charge in [0.2, 0.25) is 0 Å². The predicted octanol–water partition coefficient (Wildman–Crippen LogP) is 3.89. The summed E-state index contributed by atoms with van der Waals surface area (Å²) in [7, 11) is 0. The van der Waals surface area contributed by atoms with Crippen LogP contribution in [0.15, 0.2) is 30.3 Å². The Bertz CT molecular complexity index is 621. The van der Waals surface area contributed by atoms with Crippen LogP contribution in [0.25, 0.3) is 11.1 Å². The van der Waals surface area contributed by atoms with E-state index < -0.39 is 17.5 Å². The van der Waals surface area contributed by atoms with Gasteiger partial charge in [-0.05, 0) is 30.7 Å². The van der Waals surface area contributed by atoms with Crippen LogP contribution in [0.1, 0.15) is 15.9 Å². The summed E-state index contributed by atoms with van der Waals surface area (Å²) in [5.74, 6) is -2.83. The van der Waals surface area contributed by atoms with Gasteiger partial charge in [0.1, 0.15) is 12.1 Å². The Balaban J connectivity index is 2.69. The molecule has 0 aliphatic rings. The SMILES string of the molecule is Cc1ccc(-c2cc(C=O)ccc2F)c(F)c1F. The molecule has 1 nitrogen and oxygen atoms in total. The lowest BCUT2D eigenvalue weighted by atomic mass is 10.0. The molecule has 0 saturated carbocycles. The van der Waals surface area contributed by atoms with Gasteiger partial charge in [0.25, 0.3) is 0 Å². The van der Waals surface area contributed by atoms with E-state index in [2.05, 4.69) is 0 Å². The lowest BCUT2D eigenvalue weighted by Gasteiger charge is -2.08. The second kappa shape index (κ2) is 4.64. The largest absolute Gasteiger partial charge is 0.298 e. The van der Waals surface area contributed by atoms with E-state index in [0.29, 0.717) is 6.29 Å². The highest BCUT2D eigenvalue weighted by molar-refractivity contribution is 5.79. The standard InChI is InChI=1S/C14H9F3O/c1-8-2-4-10(14(17)13(8)16)11-6-9(7-18)3-5-12(11)15/h2-7H,1H3. The second-order valence-corrected chi connectivity index (χ2v) is 3.92. The van der Waals surface area contributed by atoms with Crippen LogP contribution >= 0.6 is 0 Å². The number of halogens is 3. The minimum atomic E-state index is -1.11. The van der Waals surface area contributed by atoms with Crippen molar-refractivity contribution in [2.24, 2.45) is 0 Å². The van der Waals surface area contributed by atoms with Crippen molar-refractivity contribution in [2.45, 2.75) is 6.92 Å². The molecule has 2 aromatic rings. The molecule has 0 bridgehead atoms. The Morgan fingerprint density at radius 3 is 2.33 bits per heavy atom. The first-order chi connectivity index (χ1) is 8.54. The molecular weight excluding hydrogens is 241 g/mol. The number of carbonyl (C=O) groups is 1. The van der Waals surface area contributed by atoms with Crippen LogP contribution < -0.4 is 0 Å². The van der Waals surface area contributed by atoms with Crippen LogP contribution in [0.2, 0.25) is 0 Å². The number of benzene rings is 2. The van der Waals surface area contributed by atoms with Crippen molar-refractivity contribution < 1.29 is 18.0 Å². The summed E-state index contributed by atoms with van der Waals surface area (Å²) in [6.07, 6.45) is 0.519. The maximum atomic E-state index is 13.7. The molecule has 0 heterocycles. The van der Waals surface area contributed by atoms with E-state index in [1.165, 1.54) is 31.2 Å². The average Bonchev–Trinajstić information content (AvgIpc) is 2.37. The Morgan fingerprint density at radius 1 is 0.944 bits per heavy atom. The Morgan fingerprint density at radius 2 is 1.67 bits per heavy atom. The van der Waals surface area contributed by atoms with Crippen LogP contribution in [0, 0.1) is 24.4 Å². The van der Waals surface area contributed by atoms with Crippen LogP contribution in [0.3, 0.4) is 0 Å². The summed E-state index contributed by atoms with van der Waals surface area (Å²) in [6.45, 7) is 1.42. The summed E-state index contributed by atoms with van der Waals surface area (Å²) >= 11 is 0. The zero-order valence-electron chi connectivity index (χ0n) is 9.51. The van der Waals surface area contributed by atoms with Crippen molar-refractivity contribution in [1.29, 1.82) is 0 Å². The van der Waals surface area contributed by atoms with Gasteiger partial charge in [0.05, 0.1) is 0 Å². The molecule has 0 unspecified atom stereocenters. The average molecular weight is 250 g/mol. The number of aldehydes is 1. The second-order valence-electron chi connectivity index (χ2n) is 3.92. The van der Waals surface area contributed by atoms with Crippen molar-refractivity contribution in [2.75, 3.05) is 0 Å². The van der Waals surface area contributed by atoms with Crippen molar-refractivity contribution in [3.8, 4) is 11.1 Å². The first-order valence-corrected chi connectivity index (χ1v) is 5.24. The summed E-state index contributed by atoms with van der Waals surface area (Å²) in [4.78, 5) is 10.6. The minimum Gasteiger partial charge on any atom is -0.298 e. The summed E-state index contributed by atoms with van der Waals surface area (Å²) < 4.78 is 40.8. The van der Waals surface area contributed by atoms with Crippen LogP contribution in [-0.4, -0.2) is 6.29 Å². The summed E-state index contributed by atoms with van der Waals surface area (Å²) in [5.41, 5.74) is 0.0188. The van der Waals surface area contributed by atoms with Gasteiger partial charge < -0.3 is 0 Å². The van der Waals surface area contributed by atoms with Gasteiger partial charge in [-0.15, -0.1) is 0 Å². The molecule has 0 spiro atoms. The first kappa shape index (κ1) is 12.4. The normalized spacial score (nSPS) is 10.4. The molecule has 0 aliphatic heterocycles. The number of carbonyl (C=O) groups excluding carboxylic acids is 1. The molecule has 92 valence electrons. The molecule has 2 aromatic carbocycles. The summed E-state index contributed by atoms with van der Waals surface area (Å²) in [5, 5.41) is 0. The molecule has 0 fully saturated rings. The Kier molecular flexibility index (Phi) is 3.19. The molecule has 0 N–H and O–H groups in total. The molecule has 0 saturated heterocycles. The number of rotatable bonds is 2. The van der Waals surface area contributed by atoms with Gasteiger partial charge in [0, 0.05) is 16.7 Å². The quantitative estimate of drug-likeness (QED) is 0.739. The highest BCUT2D eigenvalue weighted by atomic mass is 19.2. The number of aryl methyl sites for hydroxylation is 1. The van der Waals surface area contributed by atoms with Crippen molar-refractivity contribution in [3.05, 3.63) is 58.9 Å². The van der Waals surface area contributed by atoms with Gasteiger partial charge in [-0.2, -0.15) is 0 Å². The number of hydrogen-bond donors (Lipinski definition) is 0. The maximum absolute atomic E-state index is 13.7. The van der Waals surface area contributed by atoms with E-state index in [9.17, 15) is 18.0 Å². The monoisotopic (exact) mass is 250 g/mol. The molecule has 18 heavy (non-hydrogen) atoms. The first-order valence-electron chi connectivity index (χ1n) is 5.24. The number of hydrogen-bond acceptors (Lipinski definition) is 1. The molecule has 0 amide bonds. The molecule has 0 aromatic heterocycles. The van der Waals surface area contributed by atoms with E-state index in [-0.39, 0.29) is 22.3 Å². The van der Waals surface area contributed by atoms with Crippen LogP contribution in [0.5, 0.6) is 0 Å². The highest BCUT2D eigenvalue weighted by Crippen LogP contribution is 2.28. The van der Waals surface area contributed by atoms with E-state index in [1.807, 2.05) is 0 Å². The molecule has 0 atom stereocenters. The third kappa shape index (κ3) is 2.01. The van der Waals surface area contributed by atoms with E-state index >= 15 is 0 Å². The van der Waals surface area contributed by atoms with Crippen molar-refractivity contribution in [3.63, 3.8) is 0 Å². The fourth-order valence-electron chi connectivity index (χ4n) is 1.68. The third-order valence-corrected chi connectivity index (χ3v) is 2.69. The van der Waals surface area contributed by atoms with E-state index in [4.69, 9.17) is 0 Å². The molecule has 0 radical (unpaired) electrons. The fraction of sp³-hybridized carbons (Fsp3) is 0.0714. The van der Waals surface area contributed by atoms with Crippen LogP contribution in [-0.2, 0) is 0 Å².